The molecule has 1 amide bonds. The minimum Gasteiger partial charge on any atom is -0.450 e. The molecule has 0 aromatic rings. The molecule has 1 rings (SSSR count). The summed E-state index contributed by atoms with van der Waals surface area (Å²) in [4.78, 5) is 15.8. The minimum absolute atomic E-state index is 0.174. The van der Waals surface area contributed by atoms with Crippen molar-refractivity contribution < 1.29 is 9.53 Å². The van der Waals surface area contributed by atoms with Crippen LogP contribution in [0.15, 0.2) is 0 Å². The highest BCUT2D eigenvalue weighted by Gasteiger charge is 2.31. The van der Waals surface area contributed by atoms with Gasteiger partial charge in [-0.05, 0) is 27.3 Å². The van der Waals surface area contributed by atoms with E-state index in [0.29, 0.717) is 18.7 Å². The second-order valence-electron chi connectivity index (χ2n) is 4.13. The number of amides is 1. The summed E-state index contributed by atoms with van der Waals surface area (Å²) in [5, 5.41) is 0. The van der Waals surface area contributed by atoms with E-state index in [1.165, 1.54) is 0 Å². The lowest BCUT2D eigenvalue weighted by atomic mass is 10.1. The molecule has 0 aliphatic carbocycles. The maximum absolute atomic E-state index is 11.6. The smallest absolute Gasteiger partial charge is 0.409 e. The number of likely N-dealkylation sites (N-methyl/N-ethyl adjacent to an activating group) is 1. The molecule has 0 N–H and O–H groups in total. The monoisotopic (exact) mass is 214 g/mol. The van der Waals surface area contributed by atoms with Crippen molar-refractivity contribution in [3.63, 3.8) is 0 Å². The molecule has 4 nitrogen and oxygen atoms in total. The molecule has 0 bridgehead atoms. The zero-order chi connectivity index (χ0) is 11.4. The van der Waals surface area contributed by atoms with Crippen LogP contribution < -0.4 is 0 Å². The van der Waals surface area contributed by atoms with Gasteiger partial charge in [-0.25, -0.2) is 4.79 Å². The molecule has 88 valence electrons. The molecule has 1 aliphatic rings. The largest absolute Gasteiger partial charge is 0.450 e. The Morgan fingerprint density at radius 3 is 2.20 bits per heavy atom. The van der Waals surface area contributed by atoms with Gasteiger partial charge in [-0.2, -0.15) is 0 Å². The highest BCUT2D eigenvalue weighted by atomic mass is 16.6. The van der Waals surface area contributed by atoms with E-state index >= 15 is 0 Å². The van der Waals surface area contributed by atoms with Gasteiger partial charge in [0.15, 0.2) is 0 Å². The quantitative estimate of drug-likeness (QED) is 0.699. The normalized spacial score (nSPS) is 27.9. The van der Waals surface area contributed by atoms with Crippen molar-refractivity contribution in [1.82, 2.24) is 9.80 Å². The third-order valence-electron chi connectivity index (χ3n) is 2.99. The highest BCUT2D eigenvalue weighted by Crippen LogP contribution is 2.15. The summed E-state index contributed by atoms with van der Waals surface area (Å²) < 4.78 is 5.02. The lowest BCUT2D eigenvalue weighted by Gasteiger charge is -2.43. The summed E-state index contributed by atoms with van der Waals surface area (Å²) in [6.07, 6.45) is -0.174. The third-order valence-corrected chi connectivity index (χ3v) is 2.99. The van der Waals surface area contributed by atoms with Gasteiger partial charge < -0.3 is 9.64 Å². The average molecular weight is 214 g/mol. The van der Waals surface area contributed by atoms with Gasteiger partial charge in [0.25, 0.3) is 0 Å². The number of carbonyl (C=O) groups excluding carboxylic acids is 1. The molecule has 0 saturated carbocycles. The van der Waals surface area contributed by atoms with E-state index in [9.17, 15) is 4.79 Å². The molecule has 0 aromatic carbocycles. The topological polar surface area (TPSA) is 32.8 Å². The summed E-state index contributed by atoms with van der Waals surface area (Å²) >= 11 is 0. The number of piperazine rings is 1. The number of carbonyl (C=O) groups is 1. The molecule has 0 radical (unpaired) electrons. The molecule has 1 aliphatic heterocycles. The van der Waals surface area contributed by atoms with E-state index in [2.05, 4.69) is 25.7 Å². The van der Waals surface area contributed by atoms with Crippen LogP contribution in [0.4, 0.5) is 4.79 Å². The molecule has 1 heterocycles. The molecule has 0 aromatic heterocycles. The Morgan fingerprint density at radius 1 is 1.27 bits per heavy atom. The molecule has 15 heavy (non-hydrogen) atoms. The molecular weight excluding hydrogens is 192 g/mol. The van der Waals surface area contributed by atoms with Crippen molar-refractivity contribution >= 4 is 6.09 Å². The van der Waals surface area contributed by atoms with Crippen LogP contribution in [0.5, 0.6) is 0 Å². The van der Waals surface area contributed by atoms with Crippen LogP contribution in [0.3, 0.4) is 0 Å². The fraction of sp³-hybridized carbons (Fsp3) is 0.909. The Morgan fingerprint density at radius 2 is 1.80 bits per heavy atom. The van der Waals surface area contributed by atoms with Crippen LogP contribution in [-0.2, 0) is 4.74 Å². The average Bonchev–Trinajstić information content (AvgIpc) is 2.17. The zero-order valence-corrected chi connectivity index (χ0v) is 10.2. The van der Waals surface area contributed by atoms with Crippen molar-refractivity contribution in [3.05, 3.63) is 0 Å². The fourth-order valence-corrected chi connectivity index (χ4v) is 2.34. The molecular formula is C11H22N2O2. The van der Waals surface area contributed by atoms with Gasteiger partial charge in [0.05, 0.1) is 6.61 Å². The number of hydrogen-bond donors (Lipinski definition) is 0. The Kier molecular flexibility index (Phi) is 4.39. The maximum Gasteiger partial charge on any atom is 0.409 e. The Hall–Kier alpha value is -0.770. The van der Waals surface area contributed by atoms with Gasteiger partial charge in [0.1, 0.15) is 0 Å². The predicted octanol–water partition coefficient (Wildman–Crippen LogP) is 1.56. The first kappa shape index (κ1) is 12.3. The van der Waals surface area contributed by atoms with E-state index in [1.54, 1.807) is 0 Å². The number of ether oxygens (including phenoxy) is 1. The SMILES string of the molecule is CCOC(=O)N1CC(C)N(CC)C(C)C1. The lowest BCUT2D eigenvalue weighted by molar-refractivity contribution is 0.0319. The van der Waals surface area contributed by atoms with Crippen molar-refractivity contribution in [2.24, 2.45) is 0 Å². The Labute approximate surface area is 92.2 Å². The summed E-state index contributed by atoms with van der Waals surface area (Å²) in [5.41, 5.74) is 0. The van der Waals surface area contributed by atoms with Crippen LogP contribution in [0.25, 0.3) is 0 Å². The van der Waals surface area contributed by atoms with Gasteiger partial charge in [-0.3, -0.25) is 4.90 Å². The van der Waals surface area contributed by atoms with Crippen LogP contribution >= 0.6 is 0 Å². The predicted molar refractivity (Wildman–Crippen MR) is 59.9 cm³/mol. The van der Waals surface area contributed by atoms with E-state index in [0.717, 1.165) is 19.6 Å². The number of hydrogen-bond acceptors (Lipinski definition) is 3. The van der Waals surface area contributed by atoms with Crippen LogP contribution in [0.1, 0.15) is 27.7 Å². The van der Waals surface area contributed by atoms with Gasteiger partial charge in [-0.15, -0.1) is 0 Å². The molecule has 1 fully saturated rings. The van der Waals surface area contributed by atoms with Crippen molar-refractivity contribution in [2.75, 3.05) is 26.2 Å². The molecule has 4 heteroatoms. The summed E-state index contributed by atoms with van der Waals surface area (Å²) in [7, 11) is 0. The first-order valence-corrected chi connectivity index (χ1v) is 5.77. The van der Waals surface area contributed by atoms with Gasteiger partial charge in [0, 0.05) is 25.2 Å². The third kappa shape index (κ3) is 2.84. The van der Waals surface area contributed by atoms with Crippen molar-refractivity contribution in [1.29, 1.82) is 0 Å². The molecule has 1 saturated heterocycles. The molecule has 2 atom stereocenters. The number of nitrogens with zero attached hydrogens (tertiary/aromatic N) is 2. The molecule has 2 unspecified atom stereocenters. The second-order valence-corrected chi connectivity index (χ2v) is 4.13. The van der Waals surface area contributed by atoms with Crippen LogP contribution in [-0.4, -0.2) is 54.2 Å². The molecule has 0 spiro atoms. The van der Waals surface area contributed by atoms with E-state index in [4.69, 9.17) is 4.74 Å². The van der Waals surface area contributed by atoms with Gasteiger partial charge >= 0.3 is 6.09 Å². The first-order valence-electron chi connectivity index (χ1n) is 5.77. The minimum atomic E-state index is -0.174. The standard InChI is InChI=1S/C11H22N2O2/c1-5-13-9(3)7-12(8-10(13)4)11(14)15-6-2/h9-10H,5-8H2,1-4H3. The Balaban J connectivity index is 2.56. The second kappa shape index (κ2) is 5.35. The zero-order valence-electron chi connectivity index (χ0n) is 10.2. The first-order chi connectivity index (χ1) is 7.10. The van der Waals surface area contributed by atoms with Gasteiger partial charge in [-0.1, -0.05) is 6.92 Å². The van der Waals surface area contributed by atoms with E-state index < -0.39 is 0 Å². The summed E-state index contributed by atoms with van der Waals surface area (Å²) in [6.45, 7) is 11.4. The maximum atomic E-state index is 11.6. The van der Waals surface area contributed by atoms with Crippen molar-refractivity contribution in [2.45, 2.75) is 39.8 Å². The van der Waals surface area contributed by atoms with Crippen molar-refractivity contribution in [3.8, 4) is 0 Å². The van der Waals surface area contributed by atoms with Crippen LogP contribution in [0.2, 0.25) is 0 Å². The van der Waals surface area contributed by atoms with E-state index in [-0.39, 0.29) is 6.09 Å². The number of rotatable bonds is 2. The fourth-order valence-electron chi connectivity index (χ4n) is 2.34. The van der Waals surface area contributed by atoms with Gasteiger partial charge in [0.2, 0.25) is 0 Å². The summed E-state index contributed by atoms with van der Waals surface area (Å²) in [5.74, 6) is 0. The lowest BCUT2D eigenvalue weighted by Crippen LogP contribution is -2.57. The Bertz CT molecular complexity index is 209. The highest BCUT2D eigenvalue weighted by molar-refractivity contribution is 5.67. The summed E-state index contributed by atoms with van der Waals surface area (Å²) in [6, 6.07) is 0.839. The van der Waals surface area contributed by atoms with Crippen LogP contribution in [0, 0.1) is 0 Å². The van der Waals surface area contributed by atoms with E-state index in [1.807, 2.05) is 11.8 Å².